The number of hydrogen-bond donors (Lipinski definition) is 0. The van der Waals surface area contributed by atoms with Crippen molar-refractivity contribution in [3.05, 3.63) is 10.6 Å². The minimum atomic E-state index is 0.625. The first-order valence-corrected chi connectivity index (χ1v) is 4.32. The first-order chi connectivity index (χ1) is 4.75. The van der Waals surface area contributed by atoms with Crippen molar-refractivity contribution >= 4 is 11.5 Å². The van der Waals surface area contributed by atoms with Gasteiger partial charge in [0.25, 0.3) is 0 Å². The van der Waals surface area contributed by atoms with Gasteiger partial charge in [-0.05, 0) is 30.8 Å². The van der Waals surface area contributed by atoms with Gasteiger partial charge in [0, 0.05) is 0 Å². The van der Waals surface area contributed by atoms with Gasteiger partial charge < -0.3 is 0 Å². The third-order valence-electron chi connectivity index (χ3n) is 1.75. The Kier molecular flexibility index (Phi) is 2.38. The molecule has 56 valence electrons. The van der Waals surface area contributed by atoms with Gasteiger partial charge in [0.1, 0.15) is 0 Å². The average Bonchev–Trinajstić information content (AvgIpc) is 2.34. The summed E-state index contributed by atoms with van der Waals surface area (Å²) in [5.41, 5.74) is 1.10. The summed E-state index contributed by atoms with van der Waals surface area (Å²) in [4.78, 5) is 1.34. The molecule has 0 aliphatic carbocycles. The molecule has 0 spiro atoms. The summed E-state index contributed by atoms with van der Waals surface area (Å²) < 4.78 is 3.88. The molecule has 0 aliphatic heterocycles. The van der Waals surface area contributed by atoms with Crippen LogP contribution in [0.15, 0.2) is 0 Å². The van der Waals surface area contributed by atoms with Crippen molar-refractivity contribution in [1.29, 1.82) is 0 Å². The zero-order chi connectivity index (χ0) is 7.56. The SMILES string of the molecule is CCC(C)c1snnc1C. The Hall–Kier alpha value is -0.440. The number of hydrogen-bond acceptors (Lipinski definition) is 3. The molecule has 0 fully saturated rings. The largest absolute Gasteiger partial charge is 0.143 e. The fourth-order valence-corrected chi connectivity index (χ4v) is 1.64. The molecule has 3 heteroatoms. The predicted octanol–water partition coefficient (Wildman–Crippen LogP) is 2.36. The van der Waals surface area contributed by atoms with Gasteiger partial charge >= 0.3 is 0 Å². The summed E-state index contributed by atoms with van der Waals surface area (Å²) in [6.07, 6.45) is 1.17. The molecule has 1 aromatic rings. The fraction of sp³-hybridized carbons (Fsp3) is 0.714. The van der Waals surface area contributed by atoms with Gasteiger partial charge in [0.2, 0.25) is 0 Å². The fourth-order valence-electron chi connectivity index (χ4n) is 0.873. The Morgan fingerprint density at radius 1 is 1.60 bits per heavy atom. The van der Waals surface area contributed by atoms with Crippen LogP contribution < -0.4 is 0 Å². The molecule has 1 aromatic heterocycles. The molecule has 0 bridgehead atoms. The molecule has 0 aromatic carbocycles. The molecule has 0 N–H and O–H groups in total. The van der Waals surface area contributed by atoms with Crippen LogP contribution in [-0.4, -0.2) is 9.59 Å². The first kappa shape index (κ1) is 7.66. The summed E-state index contributed by atoms with van der Waals surface area (Å²) >= 11 is 1.52. The molecular formula is C7H12N2S. The van der Waals surface area contributed by atoms with Crippen molar-refractivity contribution in [1.82, 2.24) is 9.59 Å². The second-order valence-corrected chi connectivity index (χ2v) is 3.32. The van der Waals surface area contributed by atoms with Gasteiger partial charge in [-0.2, -0.15) is 0 Å². The molecule has 0 radical (unpaired) electrons. The van der Waals surface area contributed by atoms with Crippen LogP contribution in [0.1, 0.15) is 36.8 Å². The number of nitrogens with zero attached hydrogens (tertiary/aromatic N) is 2. The summed E-state index contributed by atoms with van der Waals surface area (Å²) in [6.45, 7) is 6.41. The lowest BCUT2D eigenvalue weighted by Gasteiger charge is -2.03. The van der Waals surface area contributed by atoms with E-state index in [1.54, 1.807) is 0 Å². The number of aryl methyl sites for hydroxylation is 1. The van der Waals surface area contributed by atoms with Crippen molar-refractivity contribution in [2.24, 2.45) is 0 Å². The minimum absolute atomic E-state index is 0.625. The second kappa shape index (κ2) is 3.10. The first-order valence-electron chi connectivity index (χ1n) is 3.54. The zero-order valence-electron chi connectivity index (χ0n) is 6.59. The van der Waals surface area contributed by atoms with Crippen LogP contribution in [0.2, 0.25) is 0 Å². The highest BCUT2D eigenvalue weighted by Gasteiger charge is 2.08. The van der Waals surface area contributed by atoms with Crippen LogP contribution in [0.4, 0.5) is 0 Å². The van der Waals surface area contributed by atoms with E-state index in [1.165, 1.54) is 22.8 Å². The molecule has 1 heterocycles. The maximum absolute atomic E-state index is 3.95. The van der Waals surface area contributed by atoms with E-state index in [4.69, 9.17) is 0 Å². The highest BCUT2D eigenvalue weighted by atomic mass is 32.1. The smallest absolute Gasteiger partial charge is 0.0759 e. The zero-order valence-corrected chi connectivity index (χ0v) is 7.40. The van der Waals surface area contributed by atoms with Gasteiger partial charge in [-0.1, -0.05) is 18.3 Å². The van der Waals surface area contributed by atoms with Crippen LogP contribution in [-0.2, 0) is 0 Å². The van der Waals surface area contributed by atoms with Gasteiger partial charge in [-0.25, -0.2) is 0 Å². The van der Waals surface area contributed by atoms with E-state index in [0.29, 0.717) is 5.92 Å². The Morgan fingerprint density at radius 3 is 2.70 bits per heavy atom. The van der Waals surface area contributed by atoms with E-state index >= 15 is 0 Å². The van der Waals surface area contributed by atoms with Gasteiger partial charge in [0.05, 0.1) is 10.6 Å². The molecule has 1 atom stereocenters. The quantitative estimate of drug-likeness (QED) is 0.657. The van der Waals surface area contributed by atoms with Gasteiger partial charge in [0.15, 0.2) is 0 Å². The van der Waals surface area contributed by atoms with Crippen molar-refractivity contribution in [2.45, 2.75) is 33.1 Å². The molecule has 10 heavy (non-hydrogen) atoms. The molecule has 2 nitrogen and oxygen atoms in total. The second-order valence-electron chi connectivity index (χ2n) is 2.53. The van der Waals surface area contributed by atoms with Gasteiger partial charge in [-0.3, -0.25) is 0 Å². The lowest BCUT2D eigenvalue weighted by molar-refractivity contribution is 0.739. The van der Waals surface area contributed by atoms with Crippen molar-refractivity contribution in [3.63, 3.8) is 0 Å². The standard InChI is InChI=1S/C7H12N2S/c1-4-5(2)7-6(3)8-9-10-7/h5H,4H2,1-3H3. The van der Waals surface area contributed by atoms with Gasteiger partial charge in [-0.15, -0.1) is 5.10 Å². The summed E-state index contributed by atoms with van der Waals surface area (Å²) in [5, 5.41) is 3.95. The highest BCUT2D eigenvalue weighted by Crippen LogP contribution is 2.23. The Morgan fingerprint density at radius 2 is 2.30 bits per heavy atom. The summed E-state index contributed by atoms with van der Waals surface area (Å²) in [6, 6.07) is 0. The minimum Gasteiger partial charge on any atom is -0.143 e. The molecular weight excluding hydrogens is 144 g/mol. The van der Waals surface area contributed by atoms with E-state index in [0.717, 1.165) is 5.69 Å². The number of rotatable bonds is 2. The van der Waals surface area contributed by atoms with Crippen molar-refractivity contribution in [3.8, 4) is 0 Å². The number of aromatic nitrogens is 2. The Labute approximate surface area is 65.4 Å². The third kappa shape index (κ3) is 1.34. The maximum atomic E-state index is 3.95. The topological polar surface area (TPSA) is 25.8 Å². The van der Waals surface area contributed by atoms with Crippen molar-refractivity contribution < 1.29 is 0 Å². The van der Waals surface area contributed by atoms with E-state index in [9.17, 15) is 0 Å². The maximum Gasteiger partial charge on any atom is 0.0759 e. The predicted molar refractivity (Wildman–Crippen MR) is 43.4 cm³/mol. The Bertz CT molecular complexity index is 207. The average molecular weight is 156 g/mol. The third-order valence-corrected chi connectivity index (χ3v) is 2.80. The van der Waals surface area contributed by atoms with Crippen LogP contribution >= 0.6 is 11.5 Å². The highest BCUT2D eigenvalue weighted by molar-refractivity contribution is 7.05. The van der Waals surface area contributed by atoms with Crippen LogP contribution in [0, 0.1) is 6.92 Å². The van der Waals surface area contributed by atoms with Crippen LogP contribution in [0.3, 0.4) is 0 Å². The van der Waals surface area contributed by atoms with E-state index in [-0.39, 0.29) is 0 Å². The lowest BCUT2D eigenvalue weighted by Crippen LogP contribution is -1.89. The molecule has 1 unspecified atom stereocenters. The lowest BCUT2D eigenvalue weighted by atomic mass is 10.1. The summed E-state index contributed by atoms with van der Waals surface area (Å²) in [5.74, 6) is 0.625. The normalized spacial score (nSPS) is 13.5. The molecule has 1 rings (SSSR count). The van der Waals surface area contributed by atoms with E-state index in [2.05, 4.69) is 23.4 Å². The Balaban J connectivity index is 2.82. The summed E-state index contributed by atoms with van der Waals surface area (Å²) in [7, 11) is 0. The van der Waals surface area contributed by atoms with Crippen LogP contribution in [0.5, 0.6) is 0 Å². The monoisotopic (exact) mass is 156 g/mol. The van der Waals surface area contributed by atoms with E-state index < -0.39 is 0 Å². The van der Waals surface area contributed by atoms with Crippen LogP contribution in [0.25, 0.3) is 0 Å². The molecule has 0 saturated carbocycles. The van der Waals surface area contributed by atoms with E-state index in [1.807, 2.05) is 6.92 Å². The molecule has 0 saturated heterocycles. The molecule has 0 aliphatic rings. The molecule has 0 amide bonds. The van der Waals surface area contributed by atoms with Crippen molar-refractivity contribution in [2.75, 3.05) is 0 Å².